The molecule has 1 aliphatic rings. The number of nitrogens with one attached hydrogen (secondary N) is 3. The fourth-order valence-electron chi connectivity index (χ4n) is 5.10. The average Bonchev–Trinajstić information content (AvgIpc) is 3.59. The van der Waals surface area contributed by atoms with E-state index >= 15 is 0 Å². The first kappa shape index (κ1) is 25.8. The van der Waals surface area contributed by atoms with Gasteiger partial charge >= 0.3 is 0 Å². The largest absolute Gasteiger partial charge is 0.354 e. The number of aromatic amines is 2. The fraction of sp³-hybridized carbons (Fsp3) is 0.258. The number of hydrogen-bond acceptors (Lipinski definition) is 5. The van der Waals surface area contributed by atoms with E-state index in [0.717, 1.165) is 49.2 Å². The van der Waals surface area contributed by atoms with Crippen molar-refractivity contribution in [3.8, 4) is 11.3 Å². The van der Waals surface area contributed by atoms with E-state index < -0.39 is 0 Å². The van der Waals surface area contributed by atoms with E-state index in [0.29, 0.717) is 29.1 Å². The smallest absolute Gasteiger partial charge is 0.258 e. The Morgan fingerprint density at radius 2 is 1.75 bits per heavy atom. The van der Waals surface area contributed by atoms with Crippen molar-refractivity contribution in [1.29, 1.82) is 0 Å². The summed E-state index contributed by atoms with van der Waals surface area (Å²) in [5.41, 5.74) is 6.40. The molecule has 9 nitrogen and oxygen atoms in total. The number of anilines is 1. The van der Waals surface area contributed by atoms with Crippen LogP contribution in [-0.2, 0) is 13.1 Å². The molecule has 5 aromatic rings. The number of hydrogen-bond donors (Lipinski definition) is 3. The molecule has 1 saturated heterocycles. The SMILES string of the molecule is Cc1ccc(Cn2cc(C(=O)Nc3c[nH]c(=O)c(-c4cc5cc(CN6CCN(C)CC6)ccc5[nH]4)c3)cn2)cc1. The van der Waals surface area contributed by atoms with Gasteiger partial charge in [-0.3, -0.25) is 19.2 Å². The Hall–Kier alpha value is -4.47. The number of rotatable bonds is 7. The van der Waals surface area contributed by atoms with Crippen LogP contribution in [0.15, 0.2) is 78.0 Å². The van der Waals surface area contributed by atoms with Crippen LogP contribution >= 0.6 is 0 Å². The second-order valence-corrected chi connectivity index (χ2v) is 10.7. The number of likely N-dealkylation sites (N-methyl/N-ethyl adjacent to an activating group) is 1. The average molecular weight is 536 g/mol. The summed E-state index contributed by atoms with van der Waals surface area (Å²) in [5.74, 6) is -0.293. The van der Waals surface area contributed by atoms with E-state index in [1.807, 2.05) is 13.0 Å². The summed E-state index contributed by atoms with van der Waals surface area (Å²) in [6, 6.07) is 18.3. The molecule has 2 aromatic carbocycles. The van der Waals surface area contributed by atoms with Crippen molar-refractivity contribution < 1.29 is 4.79 Å². The number of nitrogens with zero attached hydrogens (tertiary/aromatic N) is 4. The van der Waals surface area contributed by atoms with Crippen molar-refractivity contribution >= 4 is 22.5 Å². The Bertz CT molecular complexity index is 1710. The maximum absolute atomic E-state index is 12.9. The molecule has 9 heteroatoms. The number of piperazine rings is 1. The summed E-state index contributed by atoms with van der Waals surface area (Å²) < 4.78 is 1.74. The van der Waals surface area contributed by atoms with Gasteiger partial charge in [0, 0.05) is 56.0 Å². The van der Waals surface area contributed by atoms with Crippen molar-refractivity contribution in [1.82, 2.24) is 29.5 Å². The summed E-state index contributed by atoms with van der Waals surface area (Å²) >= 11 is 0. The molecule has 3 aromatic heterocycles. The van der Waals surface area contributed by atoms with Gasteiger partial charge in [0.15, 0.2) is 0 Å². The first-order valence-corrected chi connectivity index (χ1v) is 13.5. The number of pyridine rings is 1. The van der Waals surface area contributed by atoms with E-state index in [1.54, 1.807) is 23.1 Å². The number of carbonyl (C=O) groups is 1. The fourth-order valence-corrected chi connectivity index (χ4v) is 5.10. The third-order valence-electron chi connectivity index (χ3n) is 7.50. The van der Waals surface area contributed by atoms with Gasteiger partial charge < -0.3 is 20.2 Å². The molecule has 0 unspecified atom stereocenters. The second-order valence-electron chi connectivity index (χ2n) is 10.7. The van der Waals surface area contributed by atoms with Crippen LogP contribution in [0.25, 0.3) is 22.2 Å². The lowest BCUT2D eigenvalue weighted by Crippen LogP contribution is -2.43. The molecule has 6 rings (SSSR count). The van der Waals surface area contributed by atoms with Crippen molar-refractivity contribution in [2.45, 2.75) is 20.0 Å². The summed E-state index contributed by atoms with van der Waals surface area (Å²) in [5, 5.41) is 8.27. The maximum atomic E-state index is 12.9. The van der Waals surface area contributed by atoms with E-state index in [2.05, 4.69) is 79.7 Å². The topological polar surface area (TPSA) is 102 Å². The van der Waals surface area contributed by atoms with E-state index in [9.17, 15) is 9.59 Å². The summed E-state index contributed by atoms with van der Waals surface area (Å²) in [6.45, 7) is 7.83. The van der Waals surface area contributed by atoms with Crippen molar-refractivity contribution in [3.05, 3.63) is 106 Å². The molecule has 0 aliphatic carbocycles. The van der Waals surface area contributed by atoms with Crippen LogP contribution in [0.5, 0.6) is 0 Å². The van der Waals surface area contributed by atoms with Gasteiger partial charge in [0.2, 0.25) is 0 Å². The molecule has 0 spiro atoms. The zero-order valence-corrected chi connectivity index (χ0v) is 22.8. The lowest BCUT2D eigenvalue weighted by Gasteiger charge is -2.32. The Labute approximate surface area is 232 Å². The quantitative estimate of drug-likeness (QED) is 0.292. The summed E-state index contributed by atoms with van der Waals surface area (Å²) in [4.78, 5) is 36.6. The molecule has 0 bridgehead atoms. The molecule has 3 N–H and O–H groups in total. The number of benzene rings is 2. The number of H-pyrrole nitrogens is 2. The van der Waals surface area contributed by atoms with Crippen molar-refractivity contribution in [3.63, 3.8) is 0 Å². The minimum Gasteiger partial charge on any atom is -0.354 e. The van der Waals surface area contributed by atoms with Gasteiger partial charge in [0.05, 0.1) is 35.2 Å². The van der Waals surface area contributed by atoms with Crippen LogP contribution in [0, 0.1) is 6.92 Å². The minimum atomic E-state index is -0.293. The molecular formula is C31H33N7O2. The van der Waals surface area contributed by atoms with Gasteiger partial charge in [-0.1, -0.05) is 35.9 Å². The highest BCUT2D eigenvalue weighted by molar-refractivity contribution is 6.04. The third kappa shape index (κ3) is 5.75. The van der Waals surface area contributed by atoms with E-state index in [-0.39, 0.29) is 11.5 Å². The summed E-state index contributed by atoms with van der Waals surface area (Å²) in [7, 11) is 2.16. The van der Waals surface area contributed by atoms with Crippen LogP contribution < -0.4 is 10.9 Å². The van der Waals surface area contributed by atoms with Crippen LogP contribution in [0.3, 0.4) is 0 Å². The standard InChI is InChI=1S/C31H33N7O2/c1-21-3-5-22(6-4-21)19-38-20-25(16-33-38)30(39)34-26-15-27(31(40)32-17-26)29-14-24-13-23(7-8-28(24)35-29)18-37-11-9-36(2)10-12-37/h3-8,13-17,20,35H,9-12,18-19H2,1-2H3,(H,32,40)(H,34,39). The number of aryl methyl sites for hydroxylation is 1. The predicted molar refractivity (Wildman–Crippen MR) is 158 cm³/mol. The Morgan fingerprint density at radius 3 is 2.55 bits per heavy atom. The normalized spacial score (nSPS) is 14.6. The number of fused-ring (bicyclic) bond motifs is 1. The monoisotopic (exact) mass is 535 g/mol. The van der Waals surface area contributed by atoms with Crippen molar-refractivity contribution in [2.24, 2.45) is 0 Å². The van der Waals surface area contributed by atoms with Gasteiger partial charge in [-0.05, 0) is 49.4 Å². The highest BCUT2D eigenvalue weighted by atomic mass is 16.1. The number of aromatic nitrogens is 4. The molecule has 204 valence electrons. The molecule has 1 amide bonds. The van der Waals surface area contributed by atoms with Crippen LogP contribution in [0.4, 0.5) is 5.69 Å². The van der Waals surface area contributed by atoms with Crippen LogP contribution in [0.2, 0.25) is 0 Å². The Kier molecular flexibility index (Phi) is 7.06. The Balaban J connectivity index is 1.16. The molecule has 40 heavy (non-hydrogen) atoms. The third-order valence-corrected chi connectivity index (χ3v) is 7.50. The number of amides is 1. The lowest BCUT2D eigenvalue weighted by molar-refractivity contribution is 0.102. The van der Waals surface area contributed by atoms with Gasteiger partial charge in [-0.15, -0.1) is 0 Å². The highest BCUT2D eigenvalue weighted by Crippen LogP contribution is 2.25. The first-order valence-electron chi connectivity index (χ1n) is 13.5. The van der Waals surface area contributed by atoms with Gasteiger partial charge in [0.1, 0.15) is 0 Å². The molecular weight excluding hydrogens is 502 g/mol. The second kappa shape index (κ2) is 11.0. The van der Waals surface area contributed by atoms with Crippen molar-refractivity contribution in [2.75, 3.05) is 38.5 Å². The molecule has 1 fully saturated rings. The molecule has 0 radical (unpaired) electrons. The Morgan fingerprint density at radius 1 is 0.975 bits per heavy atom. The number of carbonyl (C=O) groups excluding carboxylic acids is 1. The van der Waals surface area contributed by atoms with E-state index in [4.69, 9.17) is 0 Å². The highest BCUT2D eigenvalue weighted by Gasteiger charge is 2.16. The van der Waals surface area contributed by atoms with Gasteiger partial charge in [0.25, 0.3) is 11.5 Å². The molecule has 0 atom stereocenters. The minimum absolute atomic E-state index is 0.229. The lowest BCUT2D eigenvalue weighted by atomic mass is 10.1. The zero-order valence-electron chi connectivity index (χ0n) is 22.8. The van der Waals surface area contributed by atoms with E-state index in [1.165, 1.54) is 17.3 Å². The summed E-state index contributed by atoms with van der Waals surface area (Å²) in [6.07, 6.45) is 4.78. The molecule has 4 heterocycles. The maximum Gasteiger partial charge on any atom is 0.258 e. The predicted octanol–water partition coefficient (Wildman–Crippen LogP) is 4.08. The van der Waals surface area contributed by atoms with Gasteiger partial charge in [-0.25, -0.2) is 0 Å². The first-order chi connectivity index (χ1) is 19.4. The van der Waals surface area contributed by atoms with Gasteiger partial charge in [-0.2, -0.15) is 5.10 Å². The molecule has 1 aliphatic heterocycles. The van der Waals surface area contributed by atoms with Crippen LogP contribution in [0.1, 0.15) is 27.0 Å². The molecule has 0 saturated carbocycles. The van der Waals surface area contributed by atoms with Crippen LogP contribution in [-0.4, -0.2) is 68.7 Å². The zero-order chi connectivity index (χ0) is 27.6.